The third kappa shape index (κ3) is 4.92. The van der Waals surface area contributed by atoms with Crippen LogP contribution in [0.2, 0.25) is 5.02 Å². The van der Waals surface area contributed by atoms with E-state index in [1.807, 2.05) is 13.0 Å². The molecule has 166 valence electrons. The lowest BCUT2D eigenvalue weighted by molar-refractivity contribution is -0.118. The fraction of sp³-hybridized carbons (Fsp3) is 0.333. The van der Waals surface area contributed by atoms with Crippen molar-refractivity contribution in [3.8, 4) is 11.8 Å². The maximum atomic E-state index is 12.7. The first kappa shape index (κ1) is 23.3. The normalized spacial score (nSPS) is 10.8. The number of hydrogen-bond acceptors (Lipinski definition) is 5. The van der Waals surface area contributed by atoms with Gasteiger partial charge in [-0.15, -0.1) is 0 Å². The first-order valence-electron chi connectivity index (χ1n) is 10.5. The minimum Gasteiger partial charge on any atom is -0.494 e. The van der Waals surface area contributed by atoms with E-state index in [2.05, 4.69) is 0 Å². The van der Waals surface area contributed by atoms with E-state index >= 15 is 0 Å². The van der Waals surface area contributed by atoms with Crippen LogP contribution in [-0.2, 0) is 24.3 Å². The van der Waals surface area contributed by atoms with Crippen LogP contribution in [0.4, 0.5) is 0 Å². The lowest BCUT2D eigenvalue weighted by atomic mass is 10.0. The number of Topliss-reactive ketones (excluding diaryl/α,β-unsaturated/α-hetero) is 1. The summed E-state index contributed by atoms with van der Waals surface area (Å²) in [5.41, 5.74) is 1.05. The zero-order chi connectivity index (χ0) is 23.3. The number of benzene rings is 2. The fourth-order valence-corrected chi connectivity index (χ4v) is 3.83. The van der Waals surface area contributed by atoms with Gasteiger partial charge in [0.25, 0.3) is 5.56 Å². The Kier molecular flexibility index (Phi) is 7.49. The molecule has 0 unspecified atom stereocenters. The number of carbonyl (C=O) groups excluding carboxylic acids is 1. The maximum Gasteiger partial charge on any atom is 0.331 e. The van der Waals surface area contributed by atoms with Crippen LogP contribution in [0.1, 0.15) is 37.8 Å². The molecule has 0 aliphatic rings. The van der Waals surface area contributed by atoms with Crippen molar-refractivity contribution >= 4 is 28.3 Å². The Morgan fingerprint density at radius 1 is 1.09 bits per heavy atom. The van der Waals surface area contributed by atoms with Crippen molar-refractivity contribution in [2.45, 2.75) is 46.2 Å². The van der Waals surface area contributed by atoms with Crippen molar-refractivity contribution in [1.29, 1.82) is 5.26 Å². The molecule has 0 aliphatic carbocycles. The zero-order valence-corrected chi connectivity index (χ0v) is 18.8. The molecule has 0 spiro atoms. The van der Waals surface area contributed by atoms with Crippen LogP contribution in [0, 0.1) is 11.3 Å². The van der Waals surface area contributed by atoms with Crippen LogP contribution in [0.3, 0.4) is 0 Å². The molecule has 0 radical (unpaired) electrons. The summed E-state index contributed by atoms with van der Waals surface area (Å²) in [6.07, 6.45) is 1.06. The molecule has 7 nitrogen and oxygen atoms in total. The monoisotopic (exact) mass is 453 g/mol. The van der Waals surface area contributed by atoms with Crippen molar-refractivity contribution < 1.29 is 9.53 Å². The molecule has 1 heterocycles. The molecule has 0 fully saturated rings. The first-order valence-corrected chi connectivity index (χ1v) is 10.9. The predicted molar refractivity (Wildman–Crippen MR) is 123 cm³/mol. The lowest BCUT2D eigenvalue weighted by Crippen LogP contribution is -2.39. The molecule has 0 aliphatic heterocycles. The highest BCUT2D eigenvalue weighted by molar-refractivity contribution is 6.31. The largest absolute Gasteiger partial charge is 0.494 e. The van der Waals surface area contributed by atoms with Gasteiger partial charge in [-0.3, -0.25) is 18.7 Å². The van der Waals surface area contributed by atoms with Crippen LogP contribution in [0.15, 0.2) is 46.0 Å². The van der Waals surface area contributed by atoms with Gasteiger partial charge in [0.2, 0.25) is 0 Å². The minimum atomic E-state index is -0.332. The maximum absolute atomic E-state index is 12.7. The molecule has 3 aromatic rings. The summed E-state index contributed by atoms with van der Waals surface area (Å²) in [6, 6.07) is 12.1. The first-order chi connectivity index (χ1) is 15.4. The number of ether oxygens (including phenoxy) is 1. The summed E-state index contributed by atoms with van der Waals surface area (Å²) in [5.74, 6) is 0.579. The van der Waals surface area contributed by atoms with Gasteiger partial charge in [0, 0.05) is 32.0 Å². The van der Waals surface area contributed by atoms with Crippen molar-refractivity contribution in [3.05, 3.63) is 73.4 Å². The third-order valence-electron chi connectivity index (χ3n) is 5.25. The average Bonchev–Trinajstić information content (AvgIpc) is 2.78. The number of nitriles is 1. The van der Waals surface area contributed by atoms with Crippen molar-refractivity contribution in [2.24, 2.45) is 0 Å². The summed E-state index contributed by atoms with van der Waals surface area (Å²) in [4.78, 5) is 37.6. The Bertz CT molecular complexity index is 1320. The van der Waals surface area contributed by atoms with Crippen molar-refractivity contribution in [3.63, 3.8) is 0 Å². The molecule has 8 heteroatoms. The van der Waals surface area contributed by atoms with Gasteiger partial charge < -0.3 is 4.74 Å². The van der Waals surface area contributed by atoms with Gasteiger partial charge in [-0.1, -0.05) is 17.7 Å². The Morgan fingerprint density at radius 3 is 2.50 bits per heavy atom. The van der Waals surface area contributed by atoms with Crippen molar-refractivity contribution in [1.82, 2.24) is 9.13 Å². The second-order valence-corrected chi connectivity index (χ2v) is 7.76. The van der Waals surface area contributed by atoms with E-state index < -0.39 is 0 Å². The van der Waals surface area contributed by atoms with Crippen LogP contribution in [-0.4, -0.2) is 21.5 Å². The van der Waals surface area contributed by atoms with E-state index in [9.17, 15) is 14.4 Å². The smallest absolute Gasteiger partial charge is 0.331 e. The number of ketones is 1. The number of hydrogen-bond donors (Lipinski definition) is 0. The van der Waals surface area contributed by atoms with Gasteiger partial charge >= 0.3 is 5.69 Å². The number of aromatic nitrogens is 2. The van der Waals surface area contributed by atoms with Crippen LogP contribution < -0.4 is 16.0 Å². The topological polar surface area (TPSA) is 94.1 Å². The molecule has 3 rings (SSSR count). The summed E-state index contributed by atoms with van der Waals surface area (Å²) in [6.45, 7) is 4.71. The van der Waals surface area contributed by atoms with Gasteiger partial charge in [0.1, 0.15) is 17.6 Å². The highest BCUT2D eigenvalue weighted by Gasteiger charge is 2.13. The molecule has 0 saturated carbocycles. The van der Waals surface area contributed by atoms with Crippen molar-refractivity contribution in [2.75, 3.05) is 6.61 Å². The van der Waals surface area contributed by atoms with Gasteiger partial charge in [-0.25, -0.2) is 4.79 Å². The highest BCUT2D eigenvalue weighted by atomic mass is 35.5. The quantitative estimate of drug-likeness (QED) is 0.460. The van der Waals surface area contributed by atoms with Crippen LogP contribution in [0.25, 0.3) is 10.9 Å². The Labute approximate surface area is 190 Å². The summed E-state index contributed by atoms with van der Waals surface area (Å²) < 4.78 is 8.38. The van der Waals surface area contributed by atoms with E-state index in [4.69, 9.17) is 21.6 Å². The van der Waals surface area contributed by atoms with Crippen LogP contribution >= 0.6 is 11.6 Å². The van der Waals surface area contributed by atoms with E-state index in [0.29, 0.717) is 59.8 Å². The third-order valence-corrected chi connectivity index (χ3v) is 5.57. The fourth-order valence-electron chi connectivity index (χ4n) is 3.62. The van der Waals surface area contributed by atoms with Gasteiger partial charge in [-0.05, 0) is 50.1 Å². The average molecular weight is 454 g/mol. The SMILES string of the molecule is CCn1c(=O)c2cc(CC(=O)CCCOc3ccc(C#N)c(Cl)c3)ccc2n(CC)c1=O. The molecule has 0 amide bonds. The van der Waals surface area contributed by atoms with Gasteiger partial charge in [0.05, 0.1) is 28.1 Å². The Balaban J connectivity index is 1.64. The molecule has 0 N–H and O–H groups in total. The van der Waals surface area contributed by atoms with E-state index in [1.54, 1.807) is 47.9 Å². The summed E-state index contributed by atoms with van der Waals surface area (Å²) >= 11 is 5.98. The second-order valence-electron chi connectivity index (χ2n) is 7.35. The standard InChI is InChI=1S/C24H24ClN3O4/c1-3-27-22-10-7-16(13-20(22)23(30)28(4-2)24(27)31)12-18(29)6-5-11-32-19-9-8-17(15-26)21(25)14-19/h7-10,13-14H,3-6,11-12H2,1-2H3. The molecule has 1 aromatic heterocycles. The summed E-state index contributed by atoms with van der Waals surface area (Å²) in [5, 5.41) is 9.67. The lowest BCUT2D eigenvalue weighted by Gasteiger charge is -2.12. The van der Waals surface area contributed by atoms with E-state index in [0.717, 1.165) is 5.56 Å². The number of fused-ring (bicyclic) bond motifs is 1. The Morgan fingerprint density at radius 2 is 1.84 bits per heavy atom. The molecule has 2 aromatic carbocycles. The van der Waals surface area contributed by atoms with Crippen LogP contribution in [0.5, 0.6) is 5.75 Å². The molecular formula is C24H24ClN3O4. The molecule has 0 atom stereocenters. The molecule has 32 heavy (non-hydrogen) atoms. The number of rotatable bonds is 9. The zero-order valence-electron chi connectivity index (χ0n) is 18.1. The number of halogens is 1. The predicted octanol–water partition coefficient (Wildman–Crippen LogP) is 3.70. The minimum absolute atomic E-state index is 0.0328. The highest BCUT2D eigenvalue weighted by Crippen LogP contribution is 2.22. The number of nitrogens with zero attached hydrogens (tertiary/aromatic N) is 3. The summed E-state index contributed by atoms with van der Waals surface area (Å²) in [7, 11) is 0. The second kappa shape index (κ2) is 10.3. The van der Waals surface area contributed by atoms with E-state index in [-0.39, 0.29) is 23.5 Å². The van der Waals surface area contributed by atoms with E-state index in [1.165, 1.54) is 4.57 Å². The molecule has 0 saturated heterocycles. The Hall–Kier alpha value is -3.37. The van der Waals surface area contributed by atoms with Gasteiger partial charge in [0.15, 0.2) is 0 Å². The number of carbonyl (C=O) groups is 1. The molecule has 0 bridgehead atoms. The van der Waals surface area contributed by atoms with Gasteiger partial charge in [-0.2, -0.15) is 5.26 Å². The molecular weight excluding hydrogens is 430 g/mol. The number of aryl methyl sites for hydroxylation is 1.